The summed E-state index contributed by atoms with van der Waals surface area (Å²) in [7, 11) is 0. The molecule has 3 N–H and O–H groups in total. The van der Waals surface area contributed by atoms with Crippen LogP contribution in [0.5, 0.6) is 0 Å². The maximum atomic E-state index is 12.1. The molecule has 2 amide bonds. The van der Waals surface area contributed by atoms with E-state index >= 15 is 0 Å². The number of aryl methyl sites for hydroxylation is 1. The summed E-state index contributed by atoms with van der Waals surface area (Å²) >= 11 is 0. The zero-order valence-electron chi connectivity index (χ0n) is 14.2. The van der Waals surface area contributed by atoms with Crippen LogP contribution >= 0.6 is 0 Å². The van der Waals surface area contributed by atoms with E-state index in [0.29, 0.717) is 13.1 Å². The second kappa shape index (κ2) is 6.97. The number of nitrogens with one attached hydrogen (secondary N) is 2. The number of hydrogen-bond acceptors (Lipinski definition) is 2. The van der Waals surface area contributed by atoms with Crippen LogP contribution < -0.4 is 10.6 Å². The van der Waals surface area contributed by atoms with E-state index in [0.717, 1.165) is 18.4 Å². The van der Waals surface area contributed by atoms with Crippen LogP contribution in [0.4, 0.5) is 4.79 Å². The first-order valence-electron chi connectivity index (χ1n) is 8.40. The molecule has 0 saturated heterocycles. The Bertz CT molecular complexity index is 780. The van der Waals surface area contributed by atoms with E-state index in [1.165, 1.54) is 23.3 Å². The number of hydrogen-bond donors (Lipinski definition) is 3. The fourth-order valence-electron chi connectivity index (χ4n) is 3.12. The SMILES string of the molecule is Cc1ccccc1C1(CNC(=O)NCc2ccc(C(=O)O)cc2)CC1. The van der Waals surface area contributed by atoms with E-state index in [1.807, 2.05) is 12.1 Å². The van der Waals surface area contributed by atoms with Crippen molar-refractivity contribution in [1.29, 1.82) is 0 Å². The van der Waals surface area contributed by atoms with Crippen LogP contribution in [0.1, 0.15) is 39.9 Å². The zero-order chi connectivity index (χ0) is 17.9. The molecule has 0 radical (unpaired) electrons. The van der Waals surface area contributed by atoms with Crippen LogP contribution in [0.2, 0.25) is 0 Å². The predicted octanol–water partition coefficient (Wildman–Crippen LogP) is 3.22. The van der Waals surface area contributed by atoms with Crippen molar-refractivity contribution in [3.63, 3.8) is 0 Å². The molecule has 2 aromatic carbocycles. The summed E-state index contributed by atoms with van der Waals surface area (Å²) in [4.78, 5) is 22.9. The van der Waals surface area contributed by atoms with Crippen LogP contribution in [0.15, 0.2) is 48.5 Å². The largest absolute Gasteiger partial charge is 0.478 e. The number of amides is 2. The number of carbonyl (C=O) groups is 2. The standard InChI is InChI=1S/C20H22N2O3/c1-14-4-2-3-5-17(14)20(10-11-20)13-22-19(25)21-12-15-6-8-16(9-7-15)18(23)24/h2-9H,10-13H2,1H3,(H,23,24)(H2,21,22,25). The molecular formula is C20H22N2O3. The smallest absolute Gasteiger partial charge is 0.335 e. The first-order chi connectivity index (χ1) is 12.0. The molecule has 1 fully saturated rings. The molecule has 5 nitrogen and oxygen atoms in total. The Morgan fingerprint density at radius 1 is 1.04 bits per heavy atom. The van der Waals surface area contributed by atoms with Crippen LogP contribution in [0.25, 0.3) is 0 Å². The molecule has 0 atom stereocenters. The molecule has 0 aromatic heterocycles. The Kier molecular flexibility index (Phi) is 4.74. The van der Waals surface area contributed by atoms with Gasteiger partial charge < -0.3 is 15.7 Å². The number of benzene rings is 2. The highest BCUT2D eigenvalue weighted by Gasteiger charge is 2.45. The van der Waals surface area contributed by atoms with Gasteiger partial charge >= 0.3 is 12.0 Å². The number of aromatic carboxylic acids is 1. The summed E-state index contributed by atoms with van der Waals surface area (Å²) in [6.45, 7) is 3.10. The first kappa shape index (κ1) is 17.0. The van der Waals surface area contributed by atoms with E-state index in [2.05, 4.69) is 29.7 Å². The zero-order valence-corrected chi connectivity index (χ0v) is 14.2. The molecule has 0 aliphatic heterocycles. The van der Waals surface area contributed by atoms with Crippen LogP contribution in [-0.4, -0.2) is 23.7 Å². The van der Waals surface area contributed by atoms with E-state index in [4.69, 9.17) is 5.11 Å². The third kappa shape index (κ3) is 3.99. The van der Waals surface area contributed by atoms with E-state index < -0.39 is 5.97 Å². The molecule has 130 valence electrons. The van der Waals surface area contributed by atoms with Gasteiger partial charge in [0.05, 0.1) is 5.56 Å². The summed E-state index contributed by atoms with van der Waals surface area (Å²) in [5.41, 5.74) is 3.76. The van der Waals surface area contributed by atoms with Gasteiger partial charge in [-0.1, -0.05) is 36.4 Å². The van der Waals surface area contributed by atoms with Gasteiger partial charge in [-0.05, 0) is 48.6 Å². The van der Waals surface area contributed by atoms with Crippen molar-refractivity contribution >= 4 is 12.0 Å². The maximum Gasteiger partial charge on any atom is 0.335 e. The molecular weight excluding hydrogens is 316 g/mol. The molecule has 0 heterocycles. The summed E-state index contributed by atoms with van der Waals surface area (Å²) in [5, 5.41) is 14.7. The van der Waals surface area contributed by atoms with Crippen molar-refractivity contribution in [2.75, 3.05) is 6.54 Å². The number of rotatable bonds is 6. The lowest BCUT2D eigenvalue weighted by molar-refractivity contribution is 0.0697. The highest BCUT2D eigenvalue weighted by atomic mass is 16.4. The van der Waals surface area contributed by atoms with Crippen molar-refractivity contribution in [3.8, 4) is 0 Å². The van der Waals surface area contributed by atoms with Crippen LogP contribution in [-0.2, 0) is 12.0 Å². The van der Waals surface area contributed by atoms with Gasteiger partial charge in [0, 0.05) is 18.5 Å². The molecule has 0 spiro atoms. The normalized spacial score (nSPS) is 14.6. The Labute approximate surface area is 147 Å². The average molecular weight is 338 g/mol. The minimum absolute atomic E-state index is 0.0752. The van der Waals surface area contributed by atoms with Crippen molar-refractivity contribution < 1.29 is 14.7 Å². The molecule has 25 heavy (non-hydrogen) atoms. The first-order valence-corrected chi connectivity index (χ1v) is 8.40. The van der Waals surface area contributed by atoms with Crippen LogP contribution in [0, 0.1) is 6.92 Å². The highest BCUT2D eigenvalue weighted by molar-refractivity contribution is 5.87. The molecule has 1 saturated carbocycles. The Morgan fingerprint density at radius 2 is 1.72 bits per heavy atom. The van der Waals surface area contributed by atoms with Gasteiger partial charge in [-0.3, -0.25) is 0 Å². The second-order valence-corrected chi connectivity index (χ2v) is 6.63. The lowest BCUT2D eigenvalue weighted by atomic mass is 9.92. The molecule has 3 rings (SSSR count). The van der Waals surface area contributed by atoms with Crippen molar-refractivity contribution in [3.05, 3.63) is 70.8 Å². The van der Waals surface area contributed by atoms with E-state index in [-0.39, 0.29) is 17.0 Å². The molecule has 1 aliphatic rings. The topological polar surface area (TPSA) is 78.4 Å². The maximum absolute atomic E-state index is 12.1. The summed E-state index contributed by atoms with van der Waals surface area (Å²) < 4.78 is 0. The van der Waals surface area contributed by atoms with Gasteiger partial charge in [-0.25, -0.2) is 9.59 Å². The van der Waals surface area contributed by atoms with E-state index in [1.54, 1.807) is 12.1 Å². The molecule has 0 bridgehead atoms. The lowest BCUT2D eigenvalue weighted by Gasteiger charge is -2.19. The van der Waals surface area contributed by atoms with Crippen molar-refractivity contribution in [2.45, 2.75) is 31.7 Å². The Balaban J connectivity index is 1.50. The number of urea groups is 1. The minimum Gasteiger partial charge on any atom is -0.478 e. The number of carbonyl (C=O) groups excluding carboxylic acids is 1. The molecule has 1 aliphatic carbocycles. The van der Waals surface area contributed by atoms with Gasteiger partial charge in [-0.2, -0.15) is 0 Å². The third-order valence-electron chi connectivity index (χ3n) is 4.81. The van der Waals surface area contributed by atoms with Crippen molar-refractivity contribution in [1.82, 2.24) is 10.6 Å². The summed E-state index contributed by atoms with van der Waals surface area (Å²) in [5.74, 6) is -0.955. The lowest BCUT2D eigenvalue weighted by Crippen LogP contribution is -2.39. The predicted molar refractivity (Wildman–Crippen MR) is 95.7 cm³/mol. The summed E-state index contributed by atoms with van der Waals surface area (Å²) in [6.07, 6.45) is 2.18. The Hall–Kier alpha value is -2.82. The fourth-order valence-corrected chi connectivity index (χ4v) is 3.12. The van der Waals surface area contributed by atoms with Gasteiger partial charge in [0.15, 0.2) is 0 Å². The minimum atomic E-state index is -0.955. The molecule has 0 unspecified atom stereocenters. The average Bonchev–Trinajstić information content (AvgIpc) is 3.40. The number of carboxylic acids is 1. The van der Waals surface area contributed by atoms with Gasteiger partial charge in [0.2, 0.25) is 0 Å². The van der Waals surface area contributed by atoms with Gasteiger partial charge in [0.1, 0.15) is 0 Å². The van der Waals surface area contributed by atoms with Gasteiger partial charge in [0.25, 0.3) is 0 Å². The quantitative estimate of drug-likeness (QED) is 0.757. The van der Waals surface area contributed by atoms with Gasteiger partial charge in [-0.15, -0.1) is 0 Å². The van der Waals surface area contributed by atoms with E-state index in [9.17, 15) is 9.59 Å². The number of carboxylic acid groups (broad SMARTS) is 1. The van der Waals surface area contributed by atoms with Crippen LogP contribution in [0.3, 0.4) is 0 Å². The second-order valence-electron chi connectivity index (χ2n) is 6.63. The van der Waals surface area contributed by atoms with Crippen molar-refractivity contribution in [2.24, 2.45) is 0 Å². The third-order valence-corrected chi connectivity index (χ3v) is 4.81. The summed E-state index contributed by atoms with van der Waals surface area (Å²) in [6, 6.07) is 14.6. The Morgan fingerprint density at radius 3 is 2.32 bits per heavy atom. The fraction of sp³-hybridized carbons (Fsp3) is 0.300. The highest BCUT2D eigenvalue weighted by Crippen LogP contribution is 2.48. The molecule has 5 heteroatoms. The monoisotopic (exact) mass is 338 g/mol. The molecule has 2 aromatic rings.